The third-order valence-electron chi connectivity index (χ3n) is 4.26. The number of nitrogens with one attached hydrogen (secondary N) is 2. The molecule has 0 bridgehead atoms. The number of halogens is 3. The lowest BCUT2D eigenvalue weighted by atomic mass is 10.1. The molecule has 0 aliphatic carbocycles. The van der Waals surface area contributed by atoms with E-state index in [9.17, 15) is 13.2 Å². The fourth-order valence-electron chi connectivity index (χ4n) is 2.44. The Morgan fingerprint density at radius 1 is 1.17 bits per heavy atom. The number of aliphatic imine (C=N–C) groups is 1. The molecule has 0 saturated carbocycles. The van der Waals surface area contributed by atoms with E-state index < -0.39 is 11.7 Å². The number of benzene rings is 1. The van der Waals surface area contributed by atoms with E-state index in [2.05, 4.69) is 25.8 Å². The highest BCUT2D eigenvalue weighted by Crippen LogP contribution is 2.29. The van der Waals surface area contributed by atoms with E-state index in [-0.39, 0.29) is 6.54 Å². The van der Waals surface area contributed by atoms with Crippen molar-refractivity contribution in [3.63, 3.8) is 0 Å². The molecule has 0 saturated heterocycles. The van der Waals surface area contributed by atoms with Gasteiger partial charge in [-0.1, -0.05) is 12.1 Å². The summed E-state index contributed by atoms with van der Waals surface area (Å²) in [4.78, 5) is 4.47. The predicted molar refractivity (Wildman–Crippen MR) is 104 cm³/mol. The molecule has 1 heterocycles. The van der Waals surface area contributed by atoms with Crippen molar-refractivity contribution >= 4 is 5.96 Å². The van der Waals surface area contributed by atoms with Crippen LogP contribution in [0.4, 0.5) is 13.2 Å². The molecule has 29 heavy (non-hydrogen) atoms. The third-order valence-corrected chi connectivity index (χ3v) is 4.26. The van der Waals surface area contributed by atoms with Crippen molar-refractivity contribution in [3.05, 3.63) is 47.0 Å². The predicted octanol–water partition coefficient (Wildman–Crippen LogP) is 2.80. The minimum atomic E-state index is -4.34. The molecule has 0 unspecified atom stereocenters. The SMILES string of the molecule is CCOCCCNC(=NCc1ccc(C(F)(F)F)cc1)NCc1nnc(C)n1C. The Morgan fingerprint density at radius 3 is 2.48 bits per heavy atom. The van der Waals surface area contributed by atoms with Crippen molar-refractivity contribution in [1.82, 2.24) is 25.4 Å². The van der Waals surface area contributed by atoms with Gasteiger partial charge >= 0.3 is 6.18 Å². The Kier molecular flexibility index (Phi) is 8.44. The maximum atomic E-state index is 12.7. The summed E-state index contributed by atoms with van der Waals surface area (Å²) in [7, 11) is 1.88. The van der Waals surface area contributed by atoms with E-state index >= 15 is 0 Å². The first-order valence-electron chi connectivity index (χ1n) is 9.42. The number of alkyl halides is 3. The Hall–Kier alpha value is -2.62. The first-order chi connectivity index (χ1) is 13.8. The summed E-state index contributed by atoms with van der Waals surface area (Å²) >= 11 is 0. The fourth-order valence-corrected chi connectivity index (χ4v) is 2.44. The summed E-state index contributed by atoms with van der Waals surface area (Å²) in [5.74, 6) is 2.10. The van der Waals surface area contributed by atoms with Crippen molar-refractivity contribution in [3.8, 4) is 0 Å². The van der Waals surface area contributed by atoms with Gasteiger partial charge in [0, 0.05) is 26.8 Å². The van der Waals surface area contributed by atoms with Gasteiger partial charge in [-0.2, -0.15) is 13.2 Å². The first-order valence-corrected chi connectivity index (χ1v) is 9.42. The molecule has 0 fully saturated rings. The Bertz CT molecular complexity index is 786. The number of hydrogen-bond acceptors (Lipinski definition) is 4. The summed E-state index contributed by atoms with van der Waals surface area (Å²) in [6.07, 6.45) is -3.54. The van der Waals surface area contributed by atoms with E-state index in [1.54, 1.807) is 0 Å². The zero-order valence-corrected chi connectivity index (χ0v) is 16.9. The topological polar surface area (TPSA) is 76.4 Å². The van der Waals surface area contributed by atoms with Gasteiger partial charge in [-0.05, 0) is 38.0 Å². The summed E-state index contributed by atoms with van der Waals surface area (Å²) < 4.78 is 45.2. The van der Waals surface area contributed by atoms with Crippen LogP contribution < -0.4 is 10.6 Å². The largest absolute Gasteiger partial charge is 0.416 e. The van der Waals surface area contributed by atoms with Crippen LogP contribution in [0.25, 0.3) is 0 Å². The molecule has 0 atom stereocenters. The van der Waals surface area contributed by atoms with Crippen LogP contribution in [0.5, 0.6) is 0 Å². The van der Waals surface area contributed by atoms with Gasteiger partial charge in [0.1, 0.15) is 5.82 Å². The number of guanidine groups is 1. The smallest absolute Gasteiger partial charge is 0.382 e. The summed E-state index contributed by atoms with van der Waals surface area (Å²) in [5, 5.41) is 14.5. The minimum absolute atomic E-state index is 0.247. The maximum absolute atomic E-state index is 12.7. The van der Waals surface area contributed by atoms with Gasteiger partial charge in [0.2, 0.25) is 0 Å². The van der Waals surface area contributed by atoms with Crippen LogP contribution >= 0.6 is 0 Å². The van der Waals surface area contributed by atoms with Crippen LogP contribution in [0.1, 0.15) is 36.1 Å². The second-order valence-electron chi connectivity index (χ2n) is 6.41. The molecule has 0 radical (unpaired) electrons. The highest BCUT2D eigenvalue weighted by molar-refractivity contribution is 5.79. The molecular formula is C19H27F3N6O. The summed E-state index contributed by atoms with van der Waals surface area (Å²) in [6.45, 7) is 6.42. The van der Waals surface area contributed by atoms with Crippen LogP contribution in [0, 0.1) is 6.92 Å². The third kappa shape index (κ3) is 7.37. The molecule has 7 nitrogen and oxygen atoms in total. The number of aryl methyl sites for hydroxylation is 1. The van der Waals surface area contributed by atoms with Gasteiger partial charge in [0.15, 0.2) is 11.8 Å². The number of rotatable bonds is 9. The molecule has 1 aromatic carbocycles. The lowest BCUT2D eigenvalue weighted by molar-refractivity contribution is -0.137. The van der Waals surface area contributed by atoms with Crippen molar-refractivity contribution in [2.45, 2.75) is 39.5 Å². The average Bonchev–Trinajstić information content (AvgIpc) is 3.01. The van der Waals surface area contributed by atoms with E-state index in [0.717, 1.165) is 30.2 Å². The van der Waals surface area contributed by atoms with E-state index in [0.29, 0.717) is 37.8 Å². The monoisotopic (exact) mass is 412 g/mol. The van der Waals surface area contributed by atoms with Gasteiger partial charge in [0.25, 0.3) is 0 Å². The highest BCUT2D eigenvalue weighted by atomic mass is 19.4. The van der Waals surface area contributed by atoms with Gasteiger partial charge in [-0.3, -0.25) is 0 Å². The fraction of sp³-hybridized carbons (Fsp3) is 0.526. The molecule has 2 rings (SSSR count). The van der Waals surface area contributed by atoms with Gasteiger partial charge < -0.3 is 19.9 Å². The molecule has 2 aromatic rings. The molecule has 10 heteroatoms. The van der Waals surface area contributed by atoms with E-state index in [1.165, 1.54) is 12.1 Å². The van der Waals surface area contributed by atoms with Crippen molar-refractivity contribution in [1.29, 1.82) is 0 Å². The normalized spacial score (nSPS) is 12.3. The van der Waals surface area contributed by atoms with Crippen molar-refractivity contribution < 1.29 is 17.9 Å². The van der Waals surface area contributed by atoms with Gasteiger partial charge in [-0.25, -0.2) is 4.99 Å². The Labute approximate surface area is 168 Å². The molecule has 1 aromatic heterocycles. The van der Waals surface area contributed by atoms with E-state index in [4.69, 9.17) is 4.74 Å². The lowest BCUT2D eigenvalue weighted by Gasteiger charge is -2.13. The van der Waals surface area contributed by atoms with Crippen LogP contribution in [-0.2, 0) is 31.1 Å². The number of aromatic nitrogens is 3. The van der Waals surface area contributed by atoms with Crippen molar-refractivity contribution in [2.75, 3.05) is 19.8 Å². The molecule has 0 amide bonds. The second kappa shape index (κ2) is 10.8. The molecule has 0 aliphatic heterocycles. The standard InChI is InChI=1S/C19H27F3N6O/c1-4-29-11-5-10-23-18(25-13-17-27-26-14(2)28(17)3)24-12-15-6-8-16(9-7-15)19(20,21)22/h6-9H,4-5,10-13H2,1-3H3,(H2,23,24,25). The zero-order valence-electron chi connectivity index (χ0n) is 16.9. The Morgan fingerprint density at radius 2 is 1.90 bits per heavy atom. The maximum Gasteiger partial charge on any atom is 0.416 e. The second-order valence-corrected chi connectivity index (χ2v) is 6.41. The van der Waals surface area contributed by atoms with E-state index in [1.807, 2.05) is 25.5 Å². The molecule has 0 spiro atoms. The quantitative estimate of drug-likeness (QED) is 0.376. The van der Waals surface area contributed by atoms with Gasteiger partial charge in [-0.15, -0.1) is 10.2 Å². The molecular weight excluding hydrogens is 385 g/mol. The minimum Gasteiger partial charge on any atom is -0.382 e. The molecule has 2 N–H and O–H groups in total. The van der Waals surface area contributed by atoms with Crippen molar-refractivity contribution in [2.24, 2.45) is 12.0 Å². The van der Waals surface area contributed by atoms with Crippen LogP contribution in [-0.4, -0.2) is 40.5 Å². The summed E-state index contributed by atoms with van der Waals surface area (Å²) in [5.41, 5.74) is 0.0122. The molecule has 160 valence electrons. The summed E-state index contributed by atoms with van der Waals surface area (Å²) in [6, 6.07) is 5.00. The average molecular weight is 412 g/mol. The van der Waals surface area contributed by atoms with Gasteiger partial charge in [0.05, 0.1) is 18.7 Å². The van der Waals surface area contributed by atoms with Crippen LogP contribution in [0.3, 0.4) is 0 Å². The lowest BCUT2D eigenvalue weighted by Crippen LogP contribution is -2.38. The first kappa shape index (κ1) is 22.7. The number of nitrogens with zero attached hydrogens (tertiary/aromatic N) is 4. The zero-order chi connectivity index (χ0) is 21.3. The van der Waals surface area contributed by atoms with Crippen LogP contribution in [0.15, 0.2) is 29.3 Å². The number of ether oxygens (including phenoxy) is 1. The Balaban J connectivity index is 1.99. The van der Waals surface area contributed by atoms with Crippen LogP contribution in [0.2, 0.25) is 0 Å². The number of hydrogen-bond donors (Lipinski definition) is 2. The molecule has 0 aliphatic rings. The highest BCUT2D eigenvalue weighted by Gasteiger charge is 2.29.